The Labute approximate surface area is 170 Å². The minimum atomic E-state index is -0.0653. The number of rotatable bonds is 1. The van der Waals surface area contributed by atoms with Gasteiger partial charge < -0.3 is 4.74 Å². The molecule has 7 heteroatoms. The maximum atomic E-state index is 6.35. The molecule has 0 bridgehead atoms. The molecule has 132 valence electrons. The van der Waals surface area contributed by atoms with Crippen LogP contribution in [0.5, 0.6) is 0 Å². The summed E-state index contributed by atoms with van der Waals surface area (Å²) in [6, 6.07) is 8.01. The highest BCUT2D eigenvalue weighted by molar-refractivity contribution is 14.1. The second-order valence-corrected chi connectivity index (χ2v) is 7.52. The lowest BCUT2D eigenvalue weighted by Gasteiger charge is -2.24. The average molecular weight is 479 g/mol. The molecule has 1 saturated heterocycles. The van der Waals surface area contributed by atoms with Gasteiger partial charge >= 0.3 is 0 Å². The molecule has 3 aromatic rings. The third-order valence-corrected chi connectivity index (χ3v) is 5.29. The van der Waals surface area contributed by atoms with Gasteiger partial charge in [-0.05, 0) is 44.2 Å². The molecule has 1 aliphatic rings. The van der Waals surface area contributed by atoms with Crippen LogP contribution in [0.2, 0.25) is 5.15 Å². The summed E-state index contributed by atoms with van der Waals surface area (Å²) in [5, 5.41) is 0.315. The Hall–Kier alpha value is -1.69. The van der Waals surface area contributed by atoms with Crippen LogP contribution in [0.25, 0.3) is 11.2 Å². The SMILES string of the molecule is Cc1ccc(C#Cc2nc(Cl)c3nc(I)n(C4CCCCO4)c3n2)cc1. The van der Waals surface area contributed by atoms with Gasteiger partial charge in [0.15, 0.2) is 14.6 Å². The van der Waals surface area contributed by atoms with Gasteiger partial charge in [0, 0.05) is 34.8 Å². The molecule has 1 unspecified atom stereocenters. The fourth-order valence-corrected chi connectivity index (χ4v) is 3.90. The number of aromatic nitrogens is 4. The molecule has 1 aromatic carbocycles. The van der Waals surface area contributed by atoms with E-state index >= 15 is 0 Å². The number of aryl methyl sites for hydroxylation is 1. The minimum Gasteiger partial charge on any atom is -0.358 e. The van der Waals surface area contributed by atoms with Crippen LogP contribution in [-0.2, 0) is 4.74 Å². The fraction of sp³-hybridized carbons (Fsp3) is 0.316. The summed E-state index contributed by atoms with van der Waals surface area (Å²) in [7, 11) is 0. The van der Waals surface area contributed by atoms with Gasteiger partial charge in [0.05, 0.1) is 0 Å². The average Bonchev–Trinajstić information content (AvgIpc) is 2.98. The van der Waals surface area contributed by atoms with Crippen molar-refractivity contribution in [3.05, 3.63) is 50.2 Å². The standard InChI is InChI=1S/C19H16ClIN4O/c1-12-5-7-13(8-6-12)9-10-14-22-17(20)16-18(23-14)25(19(21)24-16)15-4-2-3-11-26-15/h5-8,15H,2-4,11H2,1H3. The molecule has 1 fully saturated rings. The molecule has 1 atom stereocenters. The zero-order chi connectivity index (χ0) is 18.1. The van der Waals surface area contributed by atoms with E-state index in [4.69, 9.17) is 16.3 Å². The van der Waals surface area contributed by atoms with Crippen molar-refractivity contribution in [2.45, 2.75) is 32.4 Å². The van der Waals surface area contributed by atoms with Crippen molar-refractivity contribution in [2.75, 3.05) is 6.61 Å². The summed E-state index contributed by atoms with van der Waals surface area (Å²) < 4.78 is 8.71. The van der Waals surface area contributed by atoms with Crippen LogP contribution in [0.15, 0.2) is 24.3 Å². The summed E-state index contributed by atoms with van der Waals surface area (Å²) in [5.74, 6) is 6.49. The van der Waals surface area contributed by atoms with Crippen molar-refractivity contribution >= 4 is 45.4 Å². The summed E-state index contributed by atoms with van der Waals surface area (Å²) >= 11 is 8.54. The van der Waals surface area contributed by atoms with E-state index in [1.165, 1.54) is 5.56 Å². The lowest BCUT2D eigenvalue weighted by molar-refractivity contribution is -0.0313. The number of nitrogens with zero attached hydrogens (tertiary/aromatic N) is 4. The monoisotopic (exact) mass is 478 g/mol. The number of benzene rings is 1. The molecule has 0 aliphatic carbocycles. The van der Waals surface area contributed by atoms with Crippen LogP contribution in [0.3, 0.4) is 0 Å². The zero-order valence-corrected chi connectivity index (χ0v) is 17.1. The van der Waals surface area contributed by atoms with Crippen molar-refractivity contribution in [3.63, 3.8) is 0 Å². The van der Waals surface area contributed by atoms with Crippen molar-refractivity contribution in [3.8, 4) is 11.8 Å². The van der Waals surface area contributed by atoms with Crippen molar-refractivity contribution in [1.29, 1.82) is 0 Å². The van der Waals surface area contributed by atoms with Crippen LogP contribution >= 0.6 is 34.2 Å². The molecule has 0 spiro atoms. The van der Waals surface area contributed by atoms with E-state index in [1.54, 1.807) is 0 Å². The summed E-state index contributed by atoms with van der Waals surface area (Å²) in [6.07, 6.45) is 3.08. The first-order valence-corrected chi connectivity index (χ1v) is 9.89. The van der Waals surface area contributed by atoms with Gasteiger partial charge in [-0.1, -0.05) is 35.2 Å². The second-order valence-electron chi connectivity index (χ2n) is 6.20. The topological polar surface area (TPSA) is 52.8 Å². The summed E-state index contributed by atoms with van der Waals surface area (Å²) in [6.45, 7) is 2.80. The lowest BCUT2D eigenvalue weighted by atomic mass is 10.1. The Morgan fingerprint density at radius 2 is 1.96 bits per heavy atom. The maximum absolute atomic E-state index is 6.35. The molecule has 5 nitrogen and oxygen atoms in total. The first kappa shape index (κ1) is 17.7. The highest BCUT2D eigenvalue weighted by atomic mass is 127. The second kappa shape index (κ2) is 7.51. The summed E-state index contributed by atoms with van der Waals surface area (Å²) in [5.41, 5.74) is 3.37. The molecule has 2 aromatic heterocycles. The van der Waals surface area contributed by atoms with E-state index in [0.717, 1.165) is 35.3 Å². The number of hydrogen-bond acceptors (Lipinski definition) is 4. The normalized spacial score (nSPS) is 17.1. The molecule has 0 amide bonds. The van der Waals surface area contributed by atoms with Crippen LogP contribution in [-0.4, -0.2) is 26.1 Å². The van der Waals surface area contributed by atoms with Crippen molar-refractivity contribution in [2.24, 2.45) is 0 Å². The number of hydrogen-bond donors (Lipinski definition) is 0. The van der Waals surface area contributed by atoms with Crippen LogP contribution < -0.4 is 0 Å². The van der Waals surface area contributed by atoms with Gasteiger partial charge in [0.2, 0.25) is 5.82 Å². The molecule has 1 aliphatic heterocycles. The smallest absolute Gasteiger partial charge is 0.208 e. The maximum Gasteiger partial charge on any atom is 0.208 e. The molecule has 3 heterocycles. The Balaban J connectivity index is 1.76. The van der Waals surface area contributed by atoms with E-state index in [9.17, 15) is 0 Å². The Morgan fingerprint density at radius 1 is 1.15 bits per heavy atom. The number of ether oxygens (including phenoxy) is 1. The molecule has 26 heavy (non-hydrogen) atoms. The molecule has 0 N–H and O–H groups in total. The fourth-order valence-electron chi connectivity index (χ4n) is 2.92. The minimum absolute atomic E-state index is 0.0653. The Morgan fingerprint density at radius 3 is 2.69 bits per heavy atom. The molecule has 4 rings (SSSR count). The van der Waals surface area contributed by atoms with Crippen LogP contribution in [0, 0.1) is 22.6 Å². The quantitative estimate of drug-likeness (QED) is 0.224. The zero-order valence-electron chi connectivity index (χ0n) is 14.2. The van der Waals surface area contributed by atoms with Gasteiger partial charge in [-0.2, -0.15) is 0 Å². The highest BCUT2D eigenvalue weighted by Gasteiger charge is 2.23. The predicted octanol–water partition coefficient (Wildman–Crippen LogP) is 4.49. The largest absolute Gasteiger partial charge is 0.358 e. The van der Waals surface area contributed by atoms with Crippen molar-refractivity contribution in [1.82, 2.24) is 19.5 Å². The van der Waals surface area contributed by atoms with E-state index < -0.39 is 0 Å². The van der Waals surface area contributed by atoms with Crippen molar-refractivity contribution < 1.29 is 4.74 Å². The Bertz CT molecular complexity index is 1010. The van der Waals surface area contributed by atoms with E-state index in [0.29, 0.717) is 22.1 Å². The predicted molar refractivity (Wildman–Crippen MR) is 109 cm³/mol. The van der Waals surface area contributed by atoms with Gasteiger partial charge in [0.1, 0.15) is 11.7 Å². The van der Waals surface area contributed by atoms with E-state index in [2.05, 4.69) is 49.4 Å². The lowest BCUT2D eigenvalue weighted by Crippen LogP contribution is -2.19. The molecule has 0 radical (unpaired) electrons. The Kier molecular flexibility index (Phi) is 5.11. The summed E-state index contributed by atoms with van der Waals surface area (Å²) in [4.78, 5) is 13.4. The third-order valence-electron chi connectivity index (χ3n) is 4.27. The van der Waals surface area contributed by atoms with Gasteiger partial charge in [-0.15, -0.1) is 0 Å². The van der Waals surface area contributed by atoms with Crippen LogP contribution in [0.4, 0.5) is 0 Å². The number of halogens is 2. The molecular weight excluding hydrogens is 463 g/mol. The van der Waals surface area contributed by atoms with E-state index in [-0.39, 0.29) is 6.23 Å². The number of imidazole rings is 1. The number of fused-ring (bicyclic) bond motifs is 1. The molecule has 0 saturated carbocycles. The van der Waals surface area contributed by atoms with Gasteiger partial charge in [0.25, 0.3) is 0 Å². The van der Waals surface area contributed by atoms with Gasteiger partial charge in [-0.25, -0.2) is 15.0 Å². The molecular formula is C19H16ClIN4O. The van der Waals surface area contributed by atoms with Gasteiger partial charge in [-0.3, -0.25) is 4.57 Å². The van der Waals surface area contributed by atoms with E-state index in [1.807, 2.05) is 35.8 Å². The third kappa shape index (κ3) is 3.56. The first-order valence-electron chi connectivity index (χ1n) is 8.43. The first-order chi connectivity index (χ1) is 12.6. The van der Waals surface area contributed by atoms with Crippen LogP contribution in [0.1, 0.15) is 42.4 Å². The highest BCUT2D eigenvalue weighted by Crippen LogP contribution is 2.30.